The molecule has 3 rings (SSSR count). The van der Waals surface area contributed by atoms with Crippen LogP contribution in [0, 0.1) is 0 Å². The molecular weight excluding hydrogens is 393 g/mol. The molecule has 0 amide bonds. The zero-order valence-corrected chi connectivity index (χ0v) is 15.0. The molecule has 21 heavy (non-hydrogen) atoms. The number of halogens is 1. The van der Waals surface area contributed by atoms with Gasteiger partial charge in [-0.3, -0.25) is 0 Å². The Morgan fingerprint density at radius 3 is 2.57 bits per heavy atom. The van der Waals surface area contributed by atoms with Crippen LogP contribution in [0.1, 0.15) is 5.56 Å². The summed E-state index contributed by atoms with van der Waals surface area (Å²) in [6.07, 6.45) is 0. The largest absolute Gasteiger partial charge is 0.370 e. The van der Waals surface area contributed by atoms with E-state index < -0.39 is 0 Å². The van der Waals surface area contributed by atoms with Crippen molar-refractivity contribution in [2.45, 2.75) is 6.54 Å². The first kappa shape index (κ1) is 16.4. The van der Waals surface area contributed by atoms with Crippen molar-refractivity contribution in [3.63, 3.8) is 0 Å². The molecule has 1 aliphatic heterocycles. The smallest absolute Gasteiger partial charge is 0.191 e. The third-order valence-corrected chi connectivity index (χ3v) is 4.52. The number of fused-ring (bicyclic) bond motifs is 1. The highest BCUT2D eigenvalue weighted by molar-refractivity contribution is 14.0. The van der Waals surface area contributed by atoms with Gasteiger partial charge in [0.15, 0.2) is 5.96 Å². The molecule has 5 heteroatoms. The van der Waals surface area contributed by atoms with Gasteiger partial charge in [0.25, 0.3) is 0 Å². The molecule has 0 spiro atoms. The molecule has 1 saturated heterocycles. The maximum Gasteiger partial charge on any atom is 0.191 e. The van der Waals surface area contributed by atoms with E-state index in [1.807, 2.05) is 11.8 Å². The van der Waals surface area contributed by atoms with Crippen molar-refractivity contribution in [2.75, 3.05) is 24.6 Å². The summed E-state index contributed by atoms with van der Waals surface area (Å²) in [5.74, 6) is 2.97. The molecule has 2 aromatic rings. The van der Waals surface area contributed by atoms with Crippen LogP contribution in [-0.2, 0) is 6.54 Å². The normalized spacial score (nSPS) is 15.8. The highest BCUT2D eigenvalue weighted by Crippen LogP contribution is 2.16. The van der Waals surface area contributed by atoms with Gasteiger partial charge in [-0.2, -0.15) is 11.8 Å². The summed E-state index contributed by atoms with van der Waals surface area (Å²) in [7, 11) is 0. The molecule has 0 unspecified atom stereocenters. The number of nitrogens with two attached hydrogens (primary N) is 1. The van der Waals surface area contributed by atoms with Crippen molar-refractivity contribution in [1.29, 1.82) is 0 Å². The van der Waals surface area contributed by atoms with Gasteiger partial charge in [-0.05, 0) is 22.4 Å². The van der Waals surface area contributed by atoms with Crippen LogP contribution >= 0.6 is 35.7 Å². The lowest BCUT2D eigenvalue weighted by atomic mass is 10.1. The monoisotopic (exact) mass is 413 g/mol. The minimum Gasteiger partial charge on any atom is -0.370 e. The average molecular weight is 413 g/mol. The number of aliphatic imine (C=N–C) groups is 1. The molecule has 0 aromatic heterocycles. The summed E-state index contributed by atoms with van der Waals surface area (Å²) >= 11 is 1.98. The van der Waals surface area contributed by atoms with Crippen molar-refractivity contribution in [2.24, 2.45) is 10.7 Å². The maximum absolute atomic E-state index is 6.08. The summed E-state index contributed by atoms with van der Waals surface area (Å²) in [4.78, 5) is 6.71. The lowest BCUT2D eigenvalue weighted by Crippen LogP contribution is -2.42. The van der Waals surface area contributed by atoms with Crippen molar-refractivity contribution >= 4 is 52.5 Å². The van der Waals surface area contributed by atoms with Crippen LogP contribution in [0.5, 0.6) is 0 Å². The first-order valence-corrected chi connectivity index (χ1v) is 8.09. The van der Waals surface area contributed by atoms with E-state index in [0.717, 1.165) is 24.6 Å². The topological polar surface area (TPSA) is 41.6 Å². The Labute approximate surface area is 147 Å². The Morgan fingerprint density at radius 1 is 1.10 bits per heavy atom. The van der Waals surface area contributed by atoms with Crippen LogP contribution in [0.2, 0.25) is 0 Å². The predicted octanol–water partition coefficient (Wildman–Crippen LogP) is 3.32. The van der Waals surface area contributed by atoms with Gasteiger partial charge in [0, 0.05) is 24.6 Å². The highest BCUT2D eigenvalue weighted by atomic mass is 127. The zero-order valence-electron chi connectivity index (χ0n) is 11.9. The van der Waals surface area contributed by atoms with Gasteiger partial charge in [-0.1, -0.05) is 36.4 Å². The first-order valence-electron chi connectivity index (χ1n) is 6.93. The summed E-state index contributed by atoms with van der Waals surface area (Å²) < 4.78 is 0. The third kappa shape index (κ3) is 4.26. The van der Waals surface area contributed by atoms with Crippen molar-refractivity contribution in [1.82, 2.24) is 4.90 Å². The van der Waals surface area contributed by atoms with Crippen LogP contribution in [0.25, 0.3) is 10.8 Å². The number of thioether (sulfide) groups is 1. The highest BCUT2D eigenvalue weighted by Gasteiger charge is 2.11. The van der Waals surface area contributed by atoms with Gasteiger partial charge in [-0.25, -0.2) is 4.99 Å². The Balaban J connectivity index is 0.00000161. The molecule has 1 fully saturated rings. The maximum atomic E-state index is 6.08. The van der Waals surface area contributed by atoms with E-state index in [4.69, 9.17) is 5.73 Å². The fraction of sp³-hybridized carbons (Fsp3) is 0.312. The molecule has 112 valence electrons. The Bertz CT molecular complexity index is 624. The quantitative estimate of drug-likeness (QED) is 0.467. The molecule has 0 saturated carbocycles. The zero-order chi connectivity index (χ0) is 13.8. The first-order chi connectivity index (χ1) is 9.83. The third-order valence-electron chi connectivity index (χ3n) is 3.57. The average Bonchev–Trinajstić information content (AvgIpc) is 2.53. The van der Waals surface area contributed by atoms with Crippen LogP contribution in [0.4, 0.5) is 0 Å². The fourth-order valence-electron chi connectivity index (χ4n) is 2.40. The van der Waals surface area contributed by atoms with E-state index in [0.29, 0.717) is 12.5 Å². The number of rotatable bonds is 2. The molecule has 0 aliphatic carbocycles. The van der Waals surface area contributed by atoms with Gasteiger partial charge in [0.05, 0.1) is 6.54 Å². The number of nitrogens with zero attached hydrogens (tertiary/aromatic N) is 2. The fourth-order valence-corrected chi connectivity index (χ4v) is 3.30. The number of benzene rings is 2. The van der Waals surface area contributed by atoms with Crippen molar-refractivity contribution in [3.05, 3.63) is 48.0 Å². The van der Waals surface area contributed by atoms with Gasteiger partial charge < -0.3 is 10.6 Å². The molecule has 0 atom stereocenters. The second-order valence-corrected chi connectivity index (χ2v) is 6.18. The standard InChI is InChI=1S/C16H19N3S.HI/c17-16(19-7-9-20-10-8-19)18-12-13-5-6-14-3-1-2-4-15(14)11-13;/h1-6,11H,7-10,12H2,(H2,17,18);1H. The molecule has 2 N–H and O–H groups in total. The lowest BCUT2D eigenvalue weighted by Gasteiger charge is -2.27. The molecule has 1 aliphatic rings. The summed E-state index contributed by atoms with van der Waals surface area (Å²) in [6, 6.07) is 14.9. The van der Waals surface area contributed by atoms with Gasteiger partial charge >= 0.3 is 0 Å². The van der Waals surface area contributed by atoms with Crippen LogP contribution in [0.15, 0.2) is 47.5 Å². The van der Waals surface area contributed by atoms with Gasteiger partial charge in [0.1, 0.15) is 0 Å². The number of hydrogen-bond acceptors (Lipinski definition) is 2. The minimum atomic E-state index is 0. The molecular formula is C16H20IN3S. The molecule has 2 aromatic carbocycles. The molecule has 1 heterocycles. The number of guanidine groups is 1. The predicted molar refractivity (Wildman–Crippen MR) is 104 cm³/mol. The second-order valence-electron chi connectivity index (χ2n) is 4.96. The van der Waals surface area contributed by atoms with Crippen molar-refractivity contribution < 1.29 is 0 Å². The summed E-state index contributed by atoms with van der Waals surface area (Å²) in [5.41, 5.74) is 7.28. The van der Waals surface area contributed by atoms with Crippen molar-refractivity contribution in [3.8, 4) is 0 Å². The second kappa shape index (κ2) is 7.89. The van der Waals surface area contributed by atoms with E-state index in [-0.39, 0.29) is 24.0 Å². The van der Waals surface area contributed by atoms with Crippen LogP contribution in [0.3, 0.4) is 0 Å². The van der Waals surface area contributed by atoms with E-state index in [9.17, 15) is 0 Å². The Hall–Kier alpha value is -0.950. The number of hydrogen-bond donors (Lipinski definition) is 1. The van der Waals surface area contributed by atoms with Crippen LogP contribution < -0.4 is 5.73 Å². The SMILES string of the molecule is I.NC(=NCc1ccc2ccccc2c1)N1CCSCC1. The van der Waals surface area contributed by atoms with E-state index in [1.165, 1.54) is 16.3 Å². The Morgan fingerprint density at radius 2 is 1.81 bits per heavy atom. The van der Waals surface area contributed by atoms with E-state index >= 15 is 0 Å². The molecule has 0 bridgehead atoms. The van der Waals surface area contributed by atoms with E-state index in [1.54, 1.807) is 0 Å². The summed E-state index contributed by atoms with van der Waals surface area (Å²) in [6.45, 7) is 2.68. The Kier molecular flexibility index (Phi) is 6.17. The van der Waals surface area contributed by atoms with Gasteiger partial charge in [0.2, 0.25) is 0 Å². The van der Waals surface area contributed by atoms with E-state index in [2.05, 4.69) is 52.4 Å². The lowest BCUT2D eigenvalue weighted by molar-refractivity contribution is 0.455. The van der Waals surface area contributed by atoms with Crippen LogP contribution in [-0.4, -0.2) is 35.5 Å². The molecule has 0 radical (unpaired) electrons. The van der Waals surface area contributed by atoms with Gasteiger partial charge in [-0.15, -0.1) is 24.0 Å². The summed E-state index contributed by atoms with van der Waals surface area (Å²) in [5, 5.41) is 2.52. The molecule has 3 nitrogen and oxygen atoms in total. The minimum absolute atomic E-state index is 0.